The third-order valence-electron chi connectivity index (χ3n) is 13.1. The lowest BCUT2D eigenvalue weighted by Gasteiger charge is -2.17. The van der Waals surface area contributed by atoms with Gasteiger partial charge in [-0.25, -0.2) is 15.0 Å². The lowest BCUT2D eigenvalue weighted by Crippen LogP contribution is -1.97. The molecule has 0 unspecified atom stereocenters. The van der Waals surface area contributed by atoms with Gasteiger partial charge in [0, 0.05) is 64.1 Å². The molecule has 0 spiro atoms. The van der Waals surface area contributed by atoms with Gasteiger partial charge >= 0.3 is 0 Å². The summed E-state index contributed by atoms with van der Waals surface area (Å²) in [7, 11) is 0. The van der Waals surface area contributed by atoms with Gasteiger partial charge in [-0.05, 0) is 68.9 Å². The van der Waals surface area contributed by atoms with E-state index in [1.807, 2.05) is 11.3 Å². The summed E-state index contributed by atoms with van der Waals surface area (Å²) in [6.07, 6.45) is 0. The smallest absolute Gasteiger partial charge is 0.160 e. The van der Waals surface area contributed by atoms with Gasteiger partial charge in [0.2, 0.25) is 0 Å². The Bertz CT molecular complexity index is 3930. The van der Waals surface area contributed by atoms with Gasteiger partial charge in [0.1, 0.15) is 0 Å². The standard InChI is InChI=1S/C63H39N3S/c1-4-17-40(18-5-1)43-23-14-25-45(37-43)55-39-56(65-63(64-55)46-26-15-24-44(38-46)41-19-6-2-7-20-41)50-34-33-49(47-27-10-11-28-48(47)50)51-30-16-31-53-59-54(61(66-62(51)53)42-21-8-3-9-22-42)35-36-58-60(59)52-29-12-13-32-57(52)67-58/h1-39H. The topological polar surface area (TPSA) is 38.7 Å². The maximum atomic E-state index is 5.64. The van der Waals surface area contributed by atoms with Crippen LogP contribution in [0.2, 0.25) is 0 Å². The van der Waals surface area contributed by atoms with E-state index in [1.54, 1.807) is 0 Å². The molecule has 3 nitrogen and oxygen atoms in total. The minimum Gasteiger partial charge on any atom is -0.246 e. The summed E-state index contributed by atoms with van der Waals surface area (Å²) in [6, 6.07) is 84.4. The quantitative estimate of drug-likeness (QED) is 0.150. The molecular formula is C63H39N3S. The fraction of sp³-hybridized carbons (Fsp3) is 0. The molecule has 0 amide bonds. The summed E-state index contributed by atoms with van der Waals surface area (Å²) < 4.78 is 2.57. The van der Waals surface area contributed by atoms with Gasteiger partial charge in [-0.1, -0.05) is 206 Å². The van der Waals surface area contributed by atoms with Crippen molar-refractivity contribution in [2.75, 3.05) is 0 Å². The second-order valence-corrected chi connectivity index (χ2v) is 18.1. The summed E-state index contributed by atoms with van der Waals surface area (Å²) in [5.74, 6) is 0.675. The summed E-state index contributed by atoms with van der Waals surface area (Å²) in [5, 5.41) is 8.37. The van der Waals surface area contributed by atoms with Crippen molar-refractivity contribution < 1.29 is 0 Å². The first-order valence-corrected chi connectivity index (χ1v) is 23.5. The number of hydrogen-bond acceptors (Lipinski definition) is 4. The first-order chi connectivity index (χ1) is 33.2. The molecule has 0 saturated heterocycles. The summed E-state index contributed by atoms with van der Waals surface area (Å²) in [6.45, 7) is 0. The Kier molecular flexibility index (Phi) is 9.36. The van der Waals surface area contributed by atoms with Gasteiger partial charge in [-0.3, -0.25) is 0 Å². The number of thiophene rings is 1. The Morgan fingerprint density at radius 3 is 1.54 bits per heavy atom. The van der Waals surface area contributed by atoms with E-state index in [0.717, 1.165) is 99.8 Å². The molecular weight excluding hydrogens is 831 g/mol. The van der Waals surface area contributed by atoms with Gasteiger partial charge in [-0.2, -0.15) is 0 Å². The molecule has 0 N–H and O–H groups in total. The van der Waals surface area contributed by atoms with E-state index in [9.17, 15) is 0 Å². The summed E-state index contributed by atoms with van der Waals surface area (Å²) >= 11 is 1.86. The number of pyridine rings is 1. The molecule has 3 aromatic heterocycles. The zero-order chi connectivity index (χ0) is 44.3. The van der Waals surface area contributed by atoms with Crippen LogP contribution < -0.4 is 0 Å². The number of aromatic nitrogens is 3. The maximum absolute atomic E-state index is 5.64. The van der Waals surface area contributed by atoms with Gasteiger partial charge in [-0.15, -0.1) is 11.3 Å². The molecule has 4 heteroatoms. The van der Waals surface area contributed by atoms with Gasteiger partial charge in [0.15, 0.2) is 5.82 Å². The molecule has 0 radical (unpaired) electrons. The number of rotatable bonds is 7. The van der Waals surface area contributed by atoms with E-state index in [-0.39, 0.29) is 0 Å². The highest BCUT2D eigenvalue weighted by Gasteiger charge is 2.21. The largest absolute Gasteiger partial charge is 0.246 e. The molecule has 0 fully saturated rings. The maximum Gasteiger partial charge on any atom is 0.160 e. The SMILES string of the molecule is c1ccc(-c2cccc(-c3cc(-c4ccc(-c5cccc6c5nc(-c5ccccc5)c5ccc7sc8ccccc8c7c56)c5ccccc45)nc(-c4cccc(-c5ccccc5)c4)n3)c2)cc1. The van der Waals surface area contributed by atoms with Crippen LogP contribution >= 0.6 is 11.3 Å². The Morgan fingerprint density at radius 1 is 0.269 bits per heavy atom. The normalized spacial score (nSPS) is 11.6. The molecule has 13 aromatic rings. The summed E-state index contributed by atoms with van der Waals surface area (Å²) in [4.78, 5) is 16.4. The van der Waals surface area contributed by atoms with Gasteiger partial charge in [0.05, 0.1) is 22.6 Å². The van der Waals surface area contributed by atoms with Crippen LogP contribution in [0, 0.1) is 0 Å². The molecule has 312 valence electrons. The van der Waals surface area contributed by atoms with E-state index in [4.69, 9.17) is 15.0 Å². The van der Waals surface area contributed by atoms with E-state index in [0.29, 0.717) is 5.82 Å². The van der Waals surface area contributed by atoms with Crippen molar-refractivity contribution in [1.29, 1.82) is 0 Å². The van der Waals surface area contributed by atoms with E-state index >= 15 is 0 Å². The molecule has 0 atom stereocenters. The minimum atomic E-state index is 0.675. The highest BCUT2D eigenvalue weighted by molar-refractivity contribution is 7.26. The highest BCUT2D eigenvalue weighted by Crippen LogP contribution is 2.46. The van der Waals surface area contributed by atoms with Crippen LogP contribution in [-0.4, -0.2) is 15.0 Å². The molecule has 0 aliphatic carbocycles. The monoisotopic (exact) mass is 869 g/mol. The molecule has 0 aliphatic rings. The van der Waals surface area contributed by atoms with Crippen LogP contribution in [0.1, 0.15) is 0 Å². The lowest BCUT2D eigenvalue weighted by molar-refractivity contribution is 1.18. The first kappa shape index (κ1) is 38.9. The zero-order valence-electron chi connectivity index (χ0n) is 36.3. The molecule has 3 heterocycles. The third-order valence-corrected chi connectivity index (χ3v) is 14.2. The van der Waals surface area contributed by atoms with Crippen LogP contribution in [0.15, 0.2) is 237 Å². The predicted molar refractivity (Wildman–Crippen MR) is 283 cm³/mol. The van der Waals surface area contributed by atoms with Crippen molar-refractivity contribution in [3.8, 4) is 78.5 Å². The molecule has 0 saturated carbocycles. The van der Waals surface area contributed by atoms with Crippen molar-refractivity contribution >= 4 is 64.0 Å². The third kappa shape index (κ3) is 6.77. The fourth-order valence-electron chi connectivity index (χ4n) is 9.94. The lowest BCUT2D eigenvalue weighted by atomic mass is 9.90. The molecule has 0 bridgehead atoms. The predicted octanol–water partition coefficient (Wildman–Crippen LogP) is 17.4. The zero-order valence-corrected chi connectivity index (χ0v) is 37.1. The fourth-order valence-corrected chi connectivity index (χ4v) is 11.1. The van der Waals surface area contributed by atoms with Crippen molar-refractivity contribution in [3.63, 3.8) is 0 Å². The van der Waals surface area contributed by atoms with E-state index < -0.39 is 0 Å². The minimum absolute atomic E-state index is 0.675. The van der Waals surface area contributed by atoms with Gasteiger partial charge < -0.3 is 0 Å². The Hall–Kier alpha value is -8.57. The highest BCUT2D eigenvalue weighted by atomic mass is 32.1. The average Bonchev–Trinajstić information content (AvgIpc) is 3.80. The molecule has 0 aliphatic heterocycles. The average molecular weight is 870 g/mol. The number of para-hydroxylation sites is 1. The van der Waals surface area contributed by atoms with Crippen molar-refractivity contribution in [2.24, 2.45) is 0 Å². The molecule has 10 aromatic carbocycles. The Morgan fingerprint density at radius 2 is 0.806 bits per heavy atom. The number of fused-ring (bicyclic) bond motifs is 8. The first-order valence-electron chi connectivity index (χ1n) is 22.7. The number of hydrogen-bond donors (Lipinski definition) is 0. The Labute approximate surface area is 392 Å². The van der Waals surface area contributed by atoms with Crippen LogP contribution in [0.4, 0.5) is 0 Å². The van der Waals surface area contributed by atoms with Crippen LogP contribution in [0.3, 0.4) is 0 Å². The van der Waals surface area contributed by atoms with Gasteiger partial charge in [0.25, 0.3) is 0 Å². The number of nitrogens with zero attached hydrogens (tertiary/aromatic N) is 3. The number of benzene rings is 10. The molecule has 67 heavy (non-hydrogen) atoms. The second-order valence-electron chi connectivity index (χ2n) is 17.0. The van der Waals surface area contributed by atoms with E-state index in [2.05, 4.69) is 237 Å². The van der Waals surface area contributed by atoms with Crippen molar-refractivity contribution in [3.05, 3.63) is 237 Å². The Balaban J connectivity index is 1.03. The molecule has 13 rings (SSSR count). The van der Waals surface area contributed by atoms with Crippen LogP contribution in [-0.2, 0) is 0 Å². The second kappa shape index (κ2) is 16.1. The van der Waals surface area contributed by atoms with Crippen LogP contribution in [0.5, 0.6) is 0 Å². The van der Waals surface area contributed by atoms with Crippen molar-refractivity contribution in [2.45, 2.75) is 0 Å². The summed E-state index contributed by atoms with van der Waals surface area (Å²) in [5.41, 5.74) is 14.6. The van der Waals surface area contributed by atoms with E-state index in [1.165, 1.54) is 25.6 Å². The van der Waals surface area contributed by atoms with Crippen molar-refractivity contribution in [1.82, 2.24) is 15.0 Å². The van der Waals surface area contributed by atoms with Crippen LogP contribution in [0.25, 0.3) is 131 Å².